The summed E-state index contributed by atoms with van der Waals surface area (Å²) in [4.78, 5) is 7.16. The summed E-state index contributed by atoms with van der Waals surface area (Å²) in [6.07, 6.45) is 2.48. The quantitative estimate of drug-likeness (QED) is 0.589. The van der Waals surface area contributed by atoms with Gasteiger partial charge in [0.15, 0.2) is 5.96 Å². The molecule has 27 heavy (non-hydrogen) atoms. The van der Waals surface area contributed by atoms with Crippen molar-refractivity contribution in [3.8, 4) is 5.75 Å². The topological polar surface area (TPSA) is 66.3 Å². The number of benzene rings is 1. The summed E-state index contributed by atoms with van der Waals surface area (Å²) in [6, 6.07) is 8.47. The monoisotopic (exact) mass is 375 g/mol. The van der Waals surface area contributed by atoms with Crippen molar-refractivity contribution in [1.82, 2.24) is 10.2 Å². The Morgan fingerprint density at radius 3 is 2.63 bits per heavy atom. The molecule has 0 saturated carbocycles. The van der Waals surface area contributed by atoms with E-state index in [1.54, 1.807) is 0 Å². The Morgan fingerprint density at radius 1 is 1.30 bits per heavy atom. The van der Waals surface area contributed by atoms with E-state index in [2.05, 4.69) is 41.4 Å². The largest absolute Gasteiger partial charge is 0.494 e. The Labute approximate surface area is 162 Å². The normalized spacial score (nSPS) is 22.7. The molecule has 6 heteroatoms. The minimum Gasteiger partial charge on any atom is -0.494 e. The van der Waals surface area contributed by atoms with E-state index in [-0.39, 0.29) is 11.5 Å². The number of nitrogens with one attached hydrogen (secondary N) is 1. The average Bonchev–Trinajstić information content (AvgIpc) is 3.13. The molecule has 2 aliphatic heterocycles. The molecule has 2 aliphatic rings. The van der Waals surface area contributed by atoms with Gasteiger partial charge >= 0.3 is 0 Å². The second-order valence-electron chi connectivity index (χ2n) is 7.41. The van der Waals surface area contributed by atoms with Gasteiger partial charge in [0.05, 0.1) is 19.3 Å². The lowest BCUT2D eigenvalue weighted by Gasteiger charge is -2.37. The van der Waals surface area contributed by atoms with E-state index in [9.17, 15) is 5.11 Å². The SMILES string of the molecule is CCNC(=NCC1(c2ccc(OCC)cc2)CCOCC1)N1CC[C@@H](O)C1. The predicted octanol–water partition coefficient (Wildman–Crippen LogP) is 2.17. The van der Waals surface area contributed by atoms with Crippen LogP contribution in [0.15, 0.2) is 29.3 Å². The number of aliphatic imine (C=N–C) groups is 1. The molecular formula is C21H33N3O3. The molecule has 3 rings (SSSR count). The average molecular weight is 376 g/mol. The van der Waals surface area contributed by atoms with Crippen molar-refractivity contribution in [3.05, 3.63) is 29.8 Å². The fraction of sp³-hybridized carbons (Fsp3) is 0.667. The van der Waals surface area contributed by atoms with Crippen molar-refractivity contribution < 1.29 is 14.6 Å². The summed E-state index contributed by atoms with van der Waals surface area (Å²) in [6.45, 7) is 9.35. The lowest BCUT2D eigenvalue weighted by molar-refractivity contribution is 0.0530. The Hall–Kier alpha value is -1.79. The summed E-state index contributed by atoms with van der Waals surface area (Å²) in [5.41, 5.74) is 1.29. The Bertz CT molecular complexity index is 612. The molecule has 0 radical (unpaired) electrons. The number of guanidine groups is 1. The van der Waals surface area contributed by atoms with E-state index in [0.29, 0.717) is 13.2 Å². The van der Waals surface area contributed by atoms with Crippen LogP contribution < -0.4 is 10.1 Å². The molecule has 0 spiro atoms. The summed E-state index contributed by atoms with van der Waals surface area (Å²) >= 11 is 0. The fourth-order valence-electron chi connectivity index (χ4n) is 3.96. The van der Waals surface area contributed by atoms with Crippen LogP contribution in [0.1, 0.15) is 38.7 Å². The number of β-amino-alcohol motifs (C(OH)–C–C–N with tert-alkyl or cyclic N) is 1. The van der Waals surface area contributed by atoms with Gasteiger partial charge in [-0.2, -0.15) is 0 Å². The van der Waals surface area contributed by atoms with Crippen molar-refractivity contribution >= 4 is 5.96 Å². The first-order valence-corrected chi connectivity index (χ1v) is 10.2. The molecule has 0 aliphatic carbocycles. The lowest BCUT2D eigenvalue weighted by Crippen LogP contribution is -2.43. The second-order valence-corrected chi connectivity index (χ2v) is 7.41. The molecule has 0 unspecified atom stereocenters. The smallest absolute Gasteiger partial charge is 0.194 e. The van der Waals surface area contributed by atoms with Gasteiger partial charge in [-0.3, -0.25) is 4.99 Å². The zero-order chi connectivity index (χ0) is 19.1. The highest BCUT2D eigenvalue weighted by atomic mass is 16.5. The highest BCUT2D eigenvalue weighted by molar-refractivity contribution is 5.80. The highest BCUT2D eigenvalue weighted by Gasteiger charge is 2.35. The fourth-order valence-corrected chi connectivity index (χ4v) is 3.96. The van der Waals surface area contributed by atoms with Crippen molar-refractivity contribution in [1.29, 1.82) is 0 Å². The maximum absolute atomic E-state index is 9.88. The molecule has 0 bridgehead atoms. The minimum atomic E-state index is -0.253. The molecule has 2 saturated heterocycles. The first-order valence-electron chi connectivity index (χ1n) is 10.2. The van der Waals surface area contributed by atoms with Crippen LogP contribution in [0.2, 0.25) is 0 Å². The Morgan fingerprint density at radius 2 is 2.04 bits per heavy atom. The molecule has 150 valence electrons. The molecule has 1 aromatic rings. The van der Waals surface area contributed by atoms with Gasteiger partial charge in [-0.25, -0.2) is 0 Å². The first kappa shape index (κ1) is 20.0. The van der Waals surface area contributed by atoms with Crippen molar-refractivity contribution in [2.45, 2.75) is 44.6 Å². The maximum Gasteiger partial charge on any atom is 0.194 e. The van der Waals surface area contributed by atoms with Gasteiger partial charge in [0.1, 0.15) is 5.75 Å². The number of hydrogen-bond donors (Lipinski definition) is 2. The molecule has 2 fully saturated rings. The van der Waals surface area contributed by atoms with Crippen molar-refractivity contribution in [3.63, 3.8) is 0 Å². The van der Waals surface area contributed by atoms with Gasteiger partial charge in [-0.1, -0.05) is 12.1 Å². The summed E-state index contributed by atoms with van der Waals surface area (Å²) in [5.74, 6) is 1.82. The van der Waals surface area contributed by atoms with E-state index < -0.39 is 0 Å². The van der Waals surface area contributed by atoms with E-state index >= 15 is 0 Å². The van der Waals surface area contributed by atoms with Crippen LogP contribution in [-0.2, 0) is 10.2 Å². The van der Waals surface area contributed by atoms with Crippen LogP contribution in [0.5, 0.6) is 5.75 Å². The number of ether oxygens (including phenoxy) is 2. The van der Waals surface area contributed by atoms with Crippen molar-refractivity contribution in [2.24, 2.45) is 4.99 Å². The zero-order valence-electron chi connectivity index (χ0n) is 16.6. The third-order valence-corrected chi connectivity index (χ3v) is 5.56. The number of nitrogens with zero attached hydrogens (tertiary/aromatic N) is 2. The van der Waals surface area contributed by atoms with Gasteiger partial charge in [0, 0.05) is 38.3 Å². The number of aliphatic hydroxyl groups is 1. The van der Waals surface area contributed by atoms with Crippen LogP contribution in [0.25, 0.3) is 0 Å². The van der Waals surface area contributed by atoms with Gasteiger partial charge in [-0.05, 0) is 50.8 Å². The van der Waals surface area contributed by atoms with Gasteiger partial charge < -0.3 is 24.8 Å². The highest BCUT2D eigenvalue weighted by Crippen LogP contribution is 2.36. The summed E-state index contributed by atoms with van der Waals surface area (Å²) < 4.78 is 11.2. The Balaban J connectivity index is 1.80. The molecule has 1 aromatic carbocycles. The van der Waals surface area contributed by atoms with Crippen LogP contribution >= 0.6 is 0 Å². The third-order valence-electron chi connectivity index (χ3n) is 5.56. The number of hydrogen-bond acceptors (Lipinski definition) is 4. The molecule has 0 aromatic heterocycles. The Kier molecular flexibility index (Phi) is 6.96. The van der Waals surface area contributed by atoms with E-state index in [0.717, 1.165) is 63.8 Å². The number of likely N-dealkylation sites (tertiary alicyclic amines) is 1. The van der Waals surface area contributed by atoms with Gasteiger partial charge in [0.25, 0.3) is 0 Å². The summed E-state index contributed by atoms with van der Waals surface area (Å²) in [7, 11) is 0. The second kappa shape index (κ2) is 9.42. The van der Waals surface area contributed by atoms with E-state index in [4.69, 9.17) is 14.5 Å². The van der Waals surface area contributed by atoms with E-state index in [1.165, 1.54) is 5.56 Å². The standard InChI is InChI=1S/C21H33N3O3/c1-3-22-20(24-12-9-18(25)15-24)23-16-21(10-13-26-14-11-21)17-5-7-19(8-6-17)27-4-2/h5-8,18,25H,3-4,9-16H2,1-2H3,(H,22,23)/t18-/m1/s1. The van der Waals surface area contributed by atoms with E-state index in [1.807, 2.05) is 6.92 Å². The van der Waals surface area contributed by atoms with Crippen LogP contribution in [-0.4, -0.2) is 68.1 Å². The van der Waals surface area contributed by atoms with Crippen LogP contribution in [0, 0.1) is 0 Å². The molecule has 0 amide bonds. The predicted molar refractivity (Wildman–Crippen MR) is 108 cm³/mol. The van der Waals surface area contributed by atoms with Crippen molar-refractivity contribution in [2.75, 3.05) is 46.0 Å². The van der Waals surface area contributed by atoms with Gasteiger partial charge in [0.2, 0.25) is 0 Å². The zero-order valence-corrected chi connectivity index (χ0v) is 16.6. The summed E-state index contributed by atoms with van der Waals surface area (Å²) in [5, 5.41) is 13.3. The third kappa shape index (κ3) is 4.93. The molecule has 6 nitrogen and oxygen atoms in total. The molecular weight excluding hydrogens is 342 g/mol. The molecule has 2 N–H and O–H groups in total. The lowest BCUT2D eigenvalue weighted by atomic mass is 9.74. The molecule has 1 atom stereocenters. The first-order chi connectivity index (χ1) is 13.2. The van der Waals surface area contributed by atoms with Crippen LogP contribution in [0.4, 0.5) is 0 Å². The number of rotatable bonds is 6. The van der Waals surface area contributed by atoms with Crippen LogP contribution in [0.3, 0.4) is 0 Å². The molecule has 2 heterocycles. The van der Waals surface area contributed by atoms with Gasteiger partial charge in [-0.15, -0.1) is 0 Å². The minimum absolute atomic E-state index is 0.0119. The number of aliphatic hydroxyl groups excluding tert-OH is 1. The maximum atomic E-state index is 9.88.